The minimum atomic E-state index is -0.501. The average Bonchev–Trinajstić information content (AvgIpc) is 3.17. The molecule has 0 saturated heterocycles. The number of nitrogens with zero attached hydrogens (tertiary/aromatic N) is 3. The van der Waals surface area contributed by atoms with Gasteiger partial charge in [0.1, 0.15) is 5.75 Å². The summed E-state index contributed by atoms with van der Waals surface area (Å²) >= 11 is 1.10. The van der Waals surface area contributed by atoms with Crippen molar-refractivity contribution in [2.45, 2.75) is 12.1 Å². The lowest BCUT2D eigenvalue weighted by Gasteiger charge is -2.03. The van der Waals surface area contributed by atoms with Crippen molar-refractivity contribution >= 4 is 29.0 Å². The molecule has 2 aromatic carbocycles. The Bertz CT molecular complexity index is 957. The fourth-order valence-electron chi connectivity index (χ4n) is 2.24. The van der Waals surface area contributed by atoms with Crippen LogP contribution < -0.4 is 10.1 Å². The number of amides is 1. The summed E-state index contributed by atoms with van der Waals surface area (Å²) in [7, 11) is 0. The van der Waals surface area contributed by atoms with Crippen LogP contribution in [0.15, 0.2) is 58.2 Å². The third-order valence-corrected chi connectivity index (χ3v) is 4.33. The number of rotatable bonds is 8. The molecule has 0 aliphatic heterocycles. The Morgan fingerprint density at radius 1 is 1.18 bits per heavy atom. The highest BCUT2D eigenvalue weighted by molar-refractivity contribution is 7.99. The third kappa shape index (κ3) is 5.07. The fraction of sp³-hybridized carbons (Fsp3) is 0.167. The lowest BCUT2D eigenvalue weighted by atomic mass is 10.2. The van der Waals surface area contributed by atoms with Crippen LogP contribution >= 0.6 is 11.8 Å². The average molecular weight is 400 g/mol. The highest BCUT2D eigenvalue weighted by Gasteiger charge is 2.12. The molecule has 0 bridgehead atoms. The molecule has 1 amide bonds. The number of hydrogen-bond acceptors (Lipinski definition) is 8. The van der Waals surface area contributed by atoms with E-state index in [-0.39, 0.29) is 22.6 Å². The number of nitro benzene ring substituents is 1. The first-order valence-electron chi connectivity index (χ1n) is 8.29. The van der Waals surface area contributed by atoms with Crippen LogP contribution in [0.5, 0.6) is 5.75 Å². The summed E-state index contributed by atoms with van der Waals surface area (Å²) in [5.41, 5.74) is 1.18. The molecule has 3 rings (SSSR count). The summed E-state index contributed by atoms with van der Waals surface area (Å²) in [5, 5.41) is 21.4. The first-order chi connectivity index (χ1) is 13.5. The smallest absolute Gasteiger partial charge is 0.277 e. The van der Waals surface area contributed by atoms with Crippen molar-refractivity contribution in [1.82, 2.24) is 10.2 Å². The largest absolute Gasteiger partial charge is 0.494 e. The Hall–Kier alpha value is -3.40. The molecular weight excluding hydrogens is 384 g/mol. The van der Waals surface area contributed by atoms with Crippen molar-refractivity contribution in [3.63, 3.8) is 0 Å². The van der Waals surface area contributed by atoms with Gasteiger partial charge in [0.2, 0.25) is 11.8 Å². The molecule has 0 atom stereocenters. The number of anilines is 1. The first-order valence-corrected chi connectivity index (χ1v) is 9.27. The van der Waals surface area contributed by atoms with Gasteiger partial charge < -0.3 is 14.5 Å². The van der Waals surface area contributed by atoms with Gasteiger partial charge in [-0.1, -0.05) is 11.8 Å². The maximum absolute atomic E-state index is 12.0. The lowest BCUT2D eigenvalue weighted by Crippen LogP contribution is -2.13. The van der Waals surface area contributed by atoms with Crippen LogP contribution in [0.4, 0.5) is 11.4 Å². The topological polar surface area (TPSA) is 120 Å². The highest BCUT2D eigenvalue weighted by atomic mass is 32.2. The Labute approximate surface area is 164 Å². The number of nitrogens with one attached hydrogen (secondary N) is 1. The van der Waals surface area contributed by atoms with E-state index in [1.165, 1.54) is 24.3 Å². The Morgan fingerprint density at radius 2 is 1.89 bits per heavy atom. The SMILES string of the molecule is CCOc1ccc(-c2nnc(SCC(=O)Nc3ccc([N+](=O)[O-])cc3)o2)cc1. The second kappa shape index (κ2) is 9.00. The molecule has 28 heavy (non-hydrogen) atoms. The van der Waals surface area contributed by atoms with E-state index in [0.29, 0.717) is 18.2 Å². The monoisotopic (exact) mass is 400 g/mol. The highest BCUT2D eigenvalue weighted by Crippen LogP contribution is 2.25. The molecule has 0 radical (unpaired) electrons. The maximum atomic E-state index is 12.0. The molecule has 144 valence electrons. The molecule has 1 aromatic heterocycles. The van der Waals surface area contributed by atoms with Crippen molar-refractivity contribution in [3.05, 3.63) is 58.6 Å². The zero-order chi connectivity index (χ0) is 19.9. The Morgan fingerprint density at radius 3 is 2.54 bits per heavy atom. The molecule has 0 fully saturated rings. The summed E-state index contributed by atoms with van der Waals surface area (Å²) in [5.74, 6) is 0.867. The van der Waals surface area contributed by atoms with Crippen LogP contribution in [0.2, 0.25) is 0 Å². The number of carbonyl (C=O) groups is 1. The van der Waals surface area contributed by atoms with Gasteiger partial charge in [0, 0.05) is 23.4 Å². The Balaban J connectivity index is 1.53. The predicted octanol–water partition coefficient (Wildman–Crippen LogP) is 3.77. The van der Waals surface area contributed by atoms with E-state index >= 15 is 0 Å². The number of thioether (sulfide) groups is 1. The standard InChI is InChI=1S/C18H16N4O5S/c1-2-26-15-9-3-12(4-10-15)17-20-21-18(27-17)28-11-16(23)19-13-5-7-14(8-6-13)22(24)25/h3-10H,2,11H2,1H3,(H,19,23). The summed E-state index contributed by atoms with van der Waals surface area (Å²) in [6.07, 6.45) is 0. The van der Waals surface area contributed by atoms with E-state index in [1.54, 1.807) is 0 Å². The van der Waals surface area contributed by atoms with Crippen molar-refractivity contribution in [2.24, 2.45) is 0 Å². The van der Waals surface area contributed by atoms with Crippen LogP contribution in [0.1, 0.15) is 6.92 Å². The molecule has 10 heteroatoms. The number of benzene rings is 2. The minimum absolute atomic E-state index is 0.0416. The van der Waals surface area contributed by atoms with Crippen LogP contribution in [-0.2, 0) is 4.79 Å². The van der Waals surface area contributed by atoms with Crippen molar-refractivity contribution in [3.8, 4) is 17.2 Å². The van der Waals surface area contributed by atoms with Gasteiger partial charge in [0.15, 0.2) is 0 Å². The van der Waals surface area contributed by atoms with Gasteiger partial charge in [-0.2, -0.15) is 0 Å². The predicted molar refractivity (Wildman–Crippen MR) is 103 cm³/mol. The van der Waals surface area contributed by atoms with Crippen molar-refractivity contribution in [1.29, 1.82) is 0 Å². The van der Waals surface area contributed by atoms with Crippen molar-refractivity contribution < 1.29 is 18.9 Å². The van der Waals surface area contributed by atoms with Gasteiger partial charge in [-0.25, -0.2) is 0 Å². The van der Waals surface area contributed by atoms with Crippen LogP contribution in [0.25, 0.3) is 11.5 Å². The van der Waals surface area contributed by atoms with Gasteiger partial charge in [0.25, 0.3) is 10.9 Å². The van der Waals surface area contributed by atoms with Gasteiger partial charge in [-0.15, -0.1) is 10.2 Å². The minimum Gasteiger partial charge on any atom is -0.494 e. The van der Waals surface area contributed by atoms with Crippen molar-refractivity contribution in [2.75, 3.05) is 17.7 Å². The number of hydrogen-bond donors (Lipinski definition) is 1. The Kier molecular flexibility index (Phi) is 6.22. The van der Waals surface area contributed by atoms with E-state index in [1.807, 2.05) is 31.2 Å². The van der Waals surface area contributed by atoms with E-state index in [2.05, 4.69) is 15.5 Å². The summed E-state index contributed by atoms with van der Waals surface area (Å²) < 4.78 is 10.9. The molecule has 1 heterocycles. The second-order valence-electron chi connectivity index (χ2n) is 5.47. The zero-order valence-electron chi connectivity index (χ0n) is 14.8. The lowest BCUT2D eigenvalue weighted by molar-refractivity contribution is -0.384. The van der Waals surface area contributed by atoms with Crippen LogP contribution in [0.3, 0.4) is 0 Å². The molecule has 3 aromatic rings. The second-order valence-corrected chi connectivity index (χ2v) is 6.40. The van der Waals surface area contributed by atoms with Gasteiger partial charge in [-0.05, 0) is 43.3 Å². The molecular formula is C18H16N4O5S. The number of nitro groups is 1. The third-order valence-electron chi connectivity index (χ3n) is 3.51. The van der Waals surface area contributed by atoms with E-state index < -0.39 is 4.92 Å². The molecule has 9 nitrogen and oxygen atoms in total. The molecule has 0 spiro atoms. The van der Waals surface area contributed by atoms with E-state index in [0.717, 1.165) is 23.1 Å². The molecule has 1 N–H and O–H groups in total. The normalized spacial score (nSPS) is 10.5. The van der Waals surface area contributed by atoms with E-state index in [4.69, 9.17) is 9.15 Å². The molecule has 0 aliphatic carbocycles. The first kappa shape index (κ1) is 19.4. The van der Waals surface area contributed by atoms with Gasteiger partial charge >= 0.3 is 0 Å². The van der Waals surface area contributed by atoms with Crippen LogP contribution in [0, 0.1) is 10.1 Å². The maximum Gasteiger partial charge on any atom is 0.277 e. The summed E-state index contributed by atoms with van der Waals surface area (Å²) in [4.78, 5) is 22.1. The summed E-state index contributed by atoms with van der Waals surface area (Å²) in [6.45, 7) is 2.50. The zero-order valence-corrected chi connectivity index (χ0v) is 15.6. The van der Waals surface area contributed by atoms with Gasteiger partial charge in [-0.3, -0.25) is 14.9 Å². The molecule has 0 aliphatic rings. The number of ether oxygens (including phenoxy) is 1. The summed E-state index contributed by atoms with van der Waals surface area (Å²) in [6, 6.07) is 12.8. The van der Waals surface area contributed by atoms with E-state index in [9.17, 15) is 14.9 Å². The number of non-ortho nitro benzene ring substituents is 1. The number of aromatic nitrogens is 2. The van der Waals surface area contributed by atoms with Crippen LogP contribution in [-0.4, -0.2) is 33.4 Å². The molecule has 0 unspecified atom stereocenters. The van der Waals surface area contributed by atoms with Gasteiger partial charge in [0.05, 0.1) is 17.3 Å². The quantitative estimate of drug-likeness (QED) is 0.345. The number of carbonyl (C=O) groups excluding carboxylic acids is 1. The fourth-order valence-corrected chi connectivity index (χ4v) is 2.80. The molecule has 0 saturated carbocycles.